The van der Waals surface area contributed by atoms with E-state index in [0.29, 0.717) is 13.6 Å². The van der Waals surface area contributed by atoms with Gasteiger partial charge in [0, 0.05) is 0 Å². The van der Waals surface area contributed by atoms with Gasteiger partial charge in [-0.15, -0.1) is 0 Å². The van der Waals surface area contributed by atoms with Crippen molar-refractivity contribution in [3.8, 4) is 0 Å². The third kappa shape index (κ3) is 8.26. The van der Waals surface area contributed by atoms with E-state index in [-0.39, 0.29) is 0 Å². The first-order chi connectivity index (χ1) is 6.81. The first-order valence-electron chi connectivity index (χ1n) is 2.83. The molecule has 0 aliphatic carbocycles. The smallest absolute Gasteiger partial charge is 0.247 e. The van der Waals surface area contributed by atoms with E-state index in [9.17, 15) is 37.8 Å². The van der Waals surface area contributed by atoms with Crippen molar-refractivity contribution in [1.29, 1.82) is 0 Å². The summed E-state index contributed by atoms with van der Waals surface area (Å²) < 4.78 is 85.1. The third-order valence-corrected chi connectivity index (χ3v) is 3.21. The number of halogens is 2. The Morgan fingerprint density at radius 3 is 1.56 bits per heavy atom. The van der Waals surface area contributed by atoms with Crippen molar-refractivity contribution >= 4 is 37.1 Å². The molecule has 0 rings (SSSR count). The van der Waals surface area contributed by atoms with Crippen LogP contribution < -0.4 is 13.6 Å². The van der Waals surface area contributed by atoms with Gasteiger partial charge < -0.3 is 0 Å². The molecule has 0 aliphatic rings. The maximum Gasteiger partial charge on any atom is 0.400 e. The summed E-state index contributed by atoms with van der Waals surface area (Å²) in [5, 5.41) is 0. The molecule has 0 aromatic heterocycles. The number of hydrogen-bond acceptors (Lipinski definition) is 7. The molecule has 0 spiro atoms. The van der Waals surface area contributed by atoms with Gasteiger partial charge in [0.15, 0.2) is 0 Å². The fraction of sp³-hybridized carbons (Fsp3) is 0. The summed E-state index contributed by atoms with van der Waals surface area (Å²) >= 11 is 0. The van der Waals surface area contributed by atoms with Crippen LogP contribution >= 0.6 is 0 Å². The minimum absolute atomic E-state index is 0.301. The van der Waals surface area contributed by atoms with Gasteiger partial charge in [0.25, 0.3) is 0 Å². The van der Waals surface area contributed by atoms with Crippen LogP contribution in [0.4, 0.5) is 12.6 Å². The number of urea groups is 1. The highest BCUT2D eigenvalue weighted by Gasteiger charge is 2.23. The number of rotatable bonds is 4. The summed E-state index contributed by atoms with van der Waals surface area (Å²) in [5.41, 5.74) is 0. The zero-order valence-electron chi connectivity index (χ0n) is 6.84. The van der Waals surface area contributed by atoms with Gasteiger partial charge in [-0.05, 0) is 0 Å². The van der Waals surface area contributed by atoms with Gasteiger partial charge in [0.1, 0.15) is 0 Å². The largest absolute Gasteiger partial charge is 0.400 e. The maximum atomic E-state index is 11.8. The van der Waals surface area contributed by atoms with E-state index in [1.54, 1.807) is 0 Å². The van der Waals surface area contributed by atoms with Gasteiger partial charge in [-0.3, -0.25) is 0 Å². The first kappa shape index (κ1) is 14.9. The second-order valence-electron chi connectivity index (χ2n) is 2.00. The topological polar surface area (TPSA) is 156 Å². The highest BCUT2D eigenvalue weighted by Crippen LogP contribution is 1.89. The normalized spacial score (nSPS) is 13.1. The molecule has 15 heteroatoms. The van der Waals surface area contributed by atoms with Crippen LogP contribution in [-0.4, -0.2) is 31.3 Å². The lowest BCUT2D eigenvalue weighted by atomic mass is 11.2. The van der Waals surface area contributed by atoms with Gasteiger partial charge >= 0.3 is 37.1 Å². The molecule has 0 aromatic carbocycles. The summed E-state index contributed by atoms with van der Waals surface area (Å²) in [6.07, 6.45) is 0. The van der Waals surface area contributed by atoms with Crippen LogP contribution in [0.25, 0.3) is 0 Å². The molecule has 0 heterocycles. The lowest BCUT2D eigenvalue weighted by molar-refractivity contribution is 0.250. The highest BCUT2D eigenvalue weighted by atomic mass is 32.3. The summed E-state index contributed by atoms with van der Waals surface area (Å²) in [7, 11) is -16.4. The molecule has 0 atom stereocenters. The second-order valence-corrected chi connectivity index (χ2v) is 5.83. The van der Waals surface area contributed by atoms with Gasteiger partial charge in [-0.1, -0.05) is 11.9 Å². The number of carbonyl (C=O) groups excluding carboxylic acids is 1. The van der Waals surface area contributed by atoms with Crippen LogP contribution in [0.2, 0.25) is 0 Å². The minimum Gasteiger partial charge on any atom is -0.247 e. The van der Waals surface area contributed by atoms with E-state index in [1.165, 1.54) is 0 Å². The van der Waals surface area contributed by atoms with E-state index < -0.39 is 37.1 Å². The molecule has 2 amide bonds. The van der Waals surface area contributed by atoms with Crippen LogP contribution in [0.15, 0.2) is 0 Å². The zero-order valence-corrected chi connectivity index (χ0v) is 9.29. The molecule has 0 saturated heterocycles. The maximum absolute atomic E-state index is 11.8. The quantitative estimate of drug-likeness (QED) is 0.486. The summed E-state index contributed by atoms with van der Waals surface area (Å²) in [4.78, 5) is 10.4. The average molecular weight is 303 g/mol. The Balaban J connectivity index is 4.70. The molecule has 96 valence electrons. The van der Waals surface area contributed by atoms with Crippen LogP contribution in [0, 0.1) is 0 Å². The standard InChI is InChI=1S/CH3F2N3O7S3/c2-14(8,9)4-1(7)5-16(12,13)6-15(3,10)11/h6H,(H2,4,5,7). The molecule has 0 saturated carbocycles. The van der Waals surface area contributed by atoms with E-state index >= 15 is 0 Å². The summed E-state index contributed by atoms with van der Waals surface area (Å²) in [6, 6.07) is -2.14. The van der Waals surface area contributed by atoms with Crippen molar-refractivity contribution in [1.82, 2.24) is 13.6 Å². The third-order valence-electron chi connectivity index (χ3n) is 0.651. The number of hydrogen-bond donors (Lipinski definition) is 3. The number of nitrogens with one attached hydrogen (secondary N) is 3. The van der Waals surface area contributed by atoms with E-state index in [2.05, 4.69) is 0 Å². The van der Waals surface area contributed by atoms with Crippen molar-refractivity contribution in [3.63, 3.8) is 0 Å². The molecule has 0 aliphatic heterocycles. The fourth-order valence-electron chi connectivity index (χ4n) is 0.405. The Morgan fingerprint density at radius 2 is 1.25 bits per heavy atom. The molecular formula is CH3F2N3O7S3. The first-order valence-corrected chi connectivity index (χ1v) is 7.08. The second kappa shape index (κ2) is 4.44. The zero-order chi connectivity index (χ0) is 13.2. The van der Waals surface area contributed by atoms with Crippen molar-refractivity contribution < 1.29 is 37.8 Å². The fourth-order valence-corrected chi connectivity index (χ4v) is 2.25. The molecule has 0 fully saturated rings. The van der Waals surface area contributed by atoms with Crippen molar-refractivity contribution in [2.24, 2.45) is 0 Å². The van der Waals surface area contributed by atoms with E-state index in [1.807, 2.05) is 0 Å². The number of carbonyl (C=O) groups is 1. The van der Waals surface area contributed by atoms with Crippen LogP contribution in [0.1, 0.15) is 0 Å². The molecule has 16 heavy (non-hydrogen) atoms. The van der Waals surface area contributed by atoms with Crippen molar-refractivity contribution in [2.75, 3.05) is 0 Å². The summed E-state index contributed by atoms with van der Waals surface area (Å²) in [6.45, 7) is 0. The Morgan fingerprint density at radius 1 is 0.812 bits per heavy atom. The Bertz CT molecular complexity index is 572. The predicted octanol–water partition coefficient (Wildman–Crippen LogP) is -2.45. The molecule has 0 aromatic rings. The molecule has 10 nitrogen and oxygen atoms in total. The van der Waals surface area contributed by atoms with E-state index in [4.69, 9.17) is 0 Å². The van der Waals surface area contributed by atoms with Crippen LogP contribution in [-0.2, 0) is 31.0 Å². The SMILES string of the molecule is O=C(NS(=O)(=O)F)NS(=O)(=O)NS(=O)(=O)F. The Hall–Kier alpha value is -1.06. The molecule has 0 unspecified atom stereocenters. The molecule has 3 N–H and O–H groups in total. The lowest BCUT2D eigenvalue weighted by Crippen LogP contribution is -2.47. The van der Waals surface area contributed by atoms with E-state index in [0.717, 1.165) is 0 Å². The predicted molar refractivity (Wildman–Crippen MR) is 43.8 cm³/mol. The summed E-state index contributed by atoms with van der Waals surface area (Å²) in [5.74, 6) is 0. The van der Waals surface area contributed by atoms with Crippen LogP contribution in [0.5, 0.6) is 0 Å². The Labute approximate surface area is 88.9 Å². The average Bonchev–Trinajstić information content (AvgIpc) is 1.70. The molecule has 0 radical (unpaired) electrons. The van der Waals surface area contributed by atoms with Gasteiger partial charge in [0.05, 0.1) is 0 Å². The van der Waals surface area contributed by atoms with Gasteiger partial charge in [-0.2, -0.15) is 25.3 Å². The lowest BCUT2D eigenvalue weighted by Gasteiger charge is -2.04. The number of amides is 2. The molecular weight excluding hydrogens is 300 g/mol. The van der Waals surface area contributed by atoms with Crippen molar-refractivity contribution in [2.45, 2.75) is 0 Å². The molecule has 0 bridgehead atoms. The van der Waals surface area contributed by atoms with Gasteiger partial charge in [-0.25, -0.2) is 14.2 Å². The highest BCUT2D eigenvalue weighted by molar-refractivity contribution is 8.01. The van der Waals surface area contributed by atoms with Crippen LogP contribution in [0.3, 0.4) is 0 Å². The van der Waals surface area contributed by atoms with Crippen molar-refractivity contribution in [3.05, 3.63) is 0 Å². The monoisotopic (exact) mass is 303 g/mol. The Kier molecular flexibility index (Phi) is 4.14. The minimum atomic E-state index is -5.69. The van der Waals surface area contributed by atoms with Gasteiger partial charge in [0.2, 0.25) is 0 Å².